The van der Waals surface area contributed by atoms with Gasteiger partial charge in [0.15, 0.2) is 0 Å². The Bertz CT molecular complexity index is 549. The van der Waals surface area contributed by atoms with Crippen molar-refractivity contribution in [1.29, 1.82) is 0 Å². The van der Waals surface area contributed by atoms with Gasteiger partial charge < -0.3 is 11.1 Å². The van der Waals surface area contributed by atoms with Crippen LogP contribution in [0.15, 0.2) is 48.5 Å². The lowest BCUT2D eigenvalue weighted by Gasteiger charge is -2.06. The Kier molecular flexibility index (Phi) is 4.55. The molecule has 0 fully saturated rings. The summed E-state index contributed by atoms with van der Waals surface area (Å²) in [6.45, 7) is 0.607. The van der Waals surface area contributed by atoms with Crippen LogP contribution in [0.3, 0.4) is 0 Å². The van der Waals surface area contributed by atoms with Gasteiger partial charge in [-0.15, -0.1) is 0 Å². The Labute approximate surface area is 117 Å². The molecular formula is C15H15ClN2O. The molecule has 2 rings (SSSR count). The second kappa shape index (κ2) is 6.36. The van der Waals surface area contributed by atoms with E-state index in [1.54, 1.807) is 36.4 Å². The third-order valence-electron chi connectivity index (χ3n) is 2.75. The van der Waals surface area contributed by atoms with E-state index in [1.165, 1.54) is 0 Å². The molecule has 1 amide bonds. The van der Waals surface area contributed by atoms with Crippen molar-refractivity contribution in [2.45, 2.75) is 6.42 Å². The predicted octanol–water partition coefficient (Wildman–Crippen LogP) is 3.09. The summed E-state index contributed by atoms with van der Waals surface area (Å²) in [6.07, 6.45) is 0.819. The van der Waals surface area contributed by atoms with Gasteiger partial charge in [-0.2, -0.15) is 0 Å². The van der Waals surface area contributed by atoms with Gasteiger partial charge in [-0.05, 0) is 54.9 Å². The third-order valence-corrected chi connectivity index (χ3v) is 3.00. The minimum atomic E-state index is -0.137. The minimum Gasteiger partial charge on any atom is -0.330 e. The lowest BCUT2D eigenvalue weighted by molar-refractivity contribution is 0.102. The van der Waals surface area contributed by atoms with Crippen molar-refractivity contribution in [3.63, 3.8) is 0 Å². The van der Waals surface area contributed by atoms with Crippen molar-refractivity contribution >= 4 is 23.2 Å². The van der Waals surface area contributed by atoms with E-state index < -0.39 is 0 Å². The highest BCUT2D eigenvalue weighted by atomic mass is 35.5. The molecule has 2 aromatic rings. The van der Waals surface area contributed by atoms with Crippen molar-refractivity contribution in [1.82, 2.24) is 0 Å². The first-order valence-corrected chi connectivity index (χ1v) is 6.43. The summed E-state index contributed by atoms with van der Waals surface area (Å²) in [7, 11) is 0. The van der Waals surface area contributed by atoms with Crippen LogP contribution in [-0.2, 0) is 6.42 Å². The van der Waals surface area contributed by atoms with Crippen LogP contribution in [-0.4, -0.2) is 12.5 Å². The summed E-state index contributed by atoms with van der Waals surface area (Å²) in [4.78, 5) is 12.0. The maximum absolute atomic E-state index is 12.0. The number of halogens is 1. The van der Waals surface area contributed by atoms with E-state index in [4.69, 9.17) is 17.3 Å². The molecule has 0 aliphatic heterocycles. The Morgan fingerprint density at radius 1 is 1.05 bits per heavy atom. The Morgan fingerprint density at radius 3 is 2.26 bits per heavy atom. The Hall–Kier alpha value is -1.84. The Morgan fingerprint density at radius 2 is 1.68 bits per heavy atom. The van der Waals surface area contributed by atoms with Gasteiger partial charge in [0.1, 0.15) is 0 Å². The van der Waals surface area contributed by atoms with E-state index in [2.05, 4.69) is 5.32 Å². The molecule has 3 nitrogen and oxygen atoms in total. The smallest absolute Gasteiger partial charge is 0.255 e. The van der Waals surface area contributed by atoms with Gasteiger partial charge in [0, 0.05) is 16.3 Å². The molecule has 0 saturated heterocycles. The highest BCUT2D eigenvalue weighted by Crippen LogP contribution is 2.14. The highest BCUT2D eigenvalue weighted by molar-refractivity contribution is 6.30. The molecule has 0 aliphatic carbocycles. The molecule has 4 heteroatoms. The van der Waals surface area contributed by atoms with E-state index >= 15 is 0 Å². The van der Waals surface area contributed by atoms with Crippen LogP contribution in [0.1, 0.15) is 15.9 Å². The van der Waals surface area contributed by atoms with Gasteiger partial charge in [0.2, 0.25) is 0 Å². The average molecular weight is 275 g/mol. The van der Waals surface area contributed by atoms with Gasteiger partial charge in [0.05, 0.1) is 0 Å². The largest absolute Gasteiger partial charge is 0.330 e. The van der Waals surface area contributed by atoms with E-state index in [0.29, 0.717) is 17.1 Å². The zero-order valence-electron chi connectivity index (χ0n) is 10.4. The molecular weight excluding hydrogens is 260 g/mol. The molecule has 0 bridgehead atoms. The van der Waals surface area contributed by atoms with Crippen molar-refractivity contribution in [3.05, 3.63) is 64.7 Å². The van der Waals surface area contributed by atoms with Crippen molar-refractivity contribution in [2.24, 2.45) is 5.73 Å². The number of carbonyl (C=O) groups is 1. The maximum atomic E-state index is 12.0. The molecule has 0 heterocycles. The predicted molar refractivity (Wildman–Crippen MR) is 78.6 cm³/mol. The van der Waals surface area contributed by atoms with Gasteiger partial charge in [-0.3, -0.25) is 4.79 Å². The van der Waals surface area contributed by atoms with Crippen LogP contribution in [0.4, 0.5) is 5.69 Å². The lowest BCUT2D eigenvalue weighted by Crippen LogP contribution is -2.12. The molecule has 0 aromatic heterocycles. The number of carbonyl (C=O) groups excluding carboxylic acids is 1. The number of anilines is 1. The number of hydrogen-bond donors (Lipinski definition) is 2. The second-order valence-electron chi connectivity index (χ2n) is 4.20. The van der Waals surface area contributed by atoms with Gasteiger partial charge in [0.25, 0.3) is 5.91 Å². The fourth-order valence-corrected chi connectivity index (χ4v) is 1.85. The van der Waals surface area contributed by atoms with E-state index in [1.807, 2.05) is 12.1 Å². The first-order chi connectivity index (χ1) is 9.19. The standard InChI is InChI=1S/C15H15ClN2O/c16-13-5-7-14(8-6-13)18-15(19)12-3-1-11(2-4-12)9-10-17/h1-8H,9-10,17H2,(H,18,19). The molecule has 2 aromatic carbocycles. The molecule has 0 spiro atoms. The number of benzene rings is 2. The SMILES string of the molecule is NCCc1ccc(C(=O)Nc2ccc(Cl)cc2)cc1. The monoisotopic (exact) mass is 274 g/mol. The van der Waals surface area contributed by atoms with Crippen LogP contribution in [0.25, 0.3) is 0 Å². The average Bonchev–Trinajstić information content (AvgIpc) is 2.42. The Balaban J connectivity index is 2.05. The van der Waals surface area contributed by atoms with Gasteiger partial charge in [-0.25, -0.2) is 0 Å². The van der Waals surface area contributed by atoms with Crippen LogP contribution < -0.4 is 11.1 Å². The zero-order valence-corrected chi connectivity index (χ0v) is 11.2. The van der Waals surface area contributed by atoms with E-state index in [9.17, 15) is 4.79 Å². The molecule has 3 N–H and O–H groups in total. The summed E-state index contributed by atoms with van der Waals surface area (Å²) in [5, 5.41) is 3.46. The zero-order chi connectivity index (χ0) is 13.7. The first-order valence-electron chi connectivity index (χ1n) is 6.05. The summed E-state index contributed by atoms with van der Waals surface area (Å²) < 4.78 is 0. The summed E-state index contributed by atoms with van der Waals surface area (Å²) in [5.41, 5.74) is 7.96. The van der Waals surface area contributed by atoms with Gasteiger partial charge >= 0.3 is 0 Å². The summed E-state index contributed by atoms with van der Waals surface area (Å²) >= 11 is 5.79. The lowest BCUT2D eigenvalue weighted by atomic mass is 10.1. The number of rotatable bonds is 4. The molecule has 0 radical (unpaired) electrons. The van der Waals surface area contributed by atoms with Crippen molar-refractivity contribution in [2.75, 3.05) is 11.9 Å². The van der Waals surface area contributed by atoms with Crippen molar-refractivity contribution in [3.8, 4) is 0 Å². The number of hydrogen-bond acceptors (Lipinski definition) is 2. The molecule has 0 unspecified atom stereocenters. The number of nitrogens with one attached hydrogen (secondary N) is 1. The third kappa shape index (κ3) is 3.81. The molecule has 19 heavy (non-hydrogen) atoms. The van der Waals surface area contributed by atoms with Crippen LogP contribution in [0.2, 0.25) is 5.02 Å². The minimum absolute atomic E-state index is 0.137. The molecule has 0 atom stereocenters. The number of amides is 1. The normalized spacial score (nSPS) is 10.2. The van der Waals surface area contributed by atoms with E-state index in [0.717, 1.165) is 17.7 Å². The number of nitrogens with two attached hydrogens (primary N) is 1. The first kappa shape index (κ1) is 13.6. The molecule has 0 saturated carbocycles. The topological polar surface area (TPSA) is 55.1 Å². The fourth-order valence-electron chi connectivity index (χ4n) is 1.73. The molecule has 98 valence electrons. The fraction of sp³-hybridized carbons (Fsp3) is 0.133. The maximum Gasteiger partial charge on any atom is 0.255 e. The summed E-state index contributed by atoms with van der Waals surface area (Å²) in [5.74, 6) is -0.137. The molecule has 0 aliphatic rings. The van der Waals surface area contributed by atoms with Crippen LogP contribution in [0.5, 0.6) is 0 Å². The van der Waals surface area contributed by atoms with Crippen LogP contribution in [0, 0.1) is 0 Å². The van der Waals surface area contributed by atoms with Crippen molar-refractivity contribution < 1.29 is 4.79 Å². The quantitative estimate of drug-likeness (QED) is 0.900. The van der Waals surface area contributed by atoms with Gasteiger partial charge in [-0.1, -0.05) is 23.7 Å². The van der Waals surface area contributed by atoms with E-state index in [-0.39, 0.29) is 5.91 Å². The highest BCUT2D eigenvalue weighted by Gasteiger charge is 2.05. The second-order valence-corrected chi connectivity index (χ2v) is 4.63. The summed E-state index contributed by atoms with van der Waals surface area (Å²) in [6, 6.07) is 14.5. The van der Waals surface area contributed by atoms with Crippen LogP contribution >= 0.6 is 11.6 Å².